The molecule has 0 aromatic rings. The van der Waals surface area contributed by atoms with Crippen LogP contribution in [0.2, 0.25) is 0 Å². The van der Waals surface area contributed by atoms with E-state index in [0.29, 0.717) is 6.42 Å². The van der Waals surface area contributed by atoms with Gasteiger partial charge in [0.05, 0.1) is 5.76 Å². The van der Waals surface area contributed by atoms with Crippen LogP contribution in [0.3, 0.4) is 0 Å². The summed E-state index contributed by atoms with van der Waals surface area (Å²) < 4.78 is 0. The van der Waals surface area contributed by atoms with Crippen LogP contribution in [0.5, 0.6) is 0 Å². The Labute approximate surface area is 53.6 Å². The molecule has 0 radical (unpaired) electrons. The Balaban J connectivity index is 3.99. The Bertz CT molecular complexity index is 114. The highest BCUT2D eigenvalue weighted by molar-refractivity contribution is 5.72. The third kappa shape index (κ3) is 2.17. The molecular weight excluding hydrogens is 120 g/mol. The predicted molar refractivity (Wildman–Crippen MR) is 33.2 cm³/mol. The first-order chi connectivity index (χ1) is 4.09. The fraction of sp³-hybridized carbons (Fsp3) is 0.500. The highest BCUT2D eigenvalue weighted by Crippen LogP contribution is 2.09. The highest BCUT2D eigenvalue weighted by atomic mass is 16.4. The van der Waals surface area contributed by atoms with E-state index in [1.807, 2.05) is 0 Å². The lowest BCUT2D eigenvalue weighted by Gasteiger charge is -2.05. The van der Waals surface area contributed by atoms with Gasteiger partial charge in [0.1, 0.15) is 5.92 Å². The summed E-state index contributed by atoms with van der Waals surface area (Å²) in [7, 11) is 0. The van der Waals surface area contributed by atoms with Gasteiger partial charge >= 0.3 is 5.97 Å². The minimum absolute atomic E-state index is 0.273. The number of aliphatic hydroxyl groups is 1. The minimum atomic E-state index is -1.02. The molecule has 0 bridgehead atoms. The van der Waals surface area contributed by atoms with E-state index < -0.39 is 11.9 Å². The van der Waals surface area contributed by atoms with Gasteiger partial charge in [0.25, 0.3) is 0 Å². The van der Waals surface area contributed by atoms with Gasteiger partial charge in [0.15, 0.2) is 0 Å². The largest absolute Gasteiger partial charge is 0.512 e. The Morgan fingerprint density at radius 1 is 1.67 bits per heavy atom. The van der Waals surface area contributed by atoms with Crippen LogP contribution in [0.15, 0.2) is 12.3 Å². The lowest BCUT2D eigenvalue weighted by molar-refractivity contribution is -0.141. The van der Waals surface area contributed by atoms with Crippen molar-refractivity contribution in [3.63, 3.8) is 0 Å². The van der Waals surface area contributed by atoms with E-state index in [1.54, 1.807) is 6.92 Å². The predicted octanol–water partition coefficient (Wildman–Crippen LogP) is 1.17. The SMILES string of the molecule is C=C(O)C(CC)C(=O)O. The maximum Gasteiger partial charge on any atom is 0.314 e. The zero-order valence-corrected chi connectivity index (χ0v) is 5.29. The summed E-state index contributed by atoms with van der Waals surface area (Å²) in [6, 6.07) is 0. The summed E-state index contributed by atoms with van der Waals surface area (Å²) in [5, 5.41) is 16.9. The zero-order valence-electron chi connectivity index (χ0n) is 5.29. The highest BCUT2D eigenvalue weighted by Gasteiger charge is 2.16. The molecule has 0 aromatic carbocycles. The molecule has 2 N–H and O–H groups in total. The van der Waals surface area contributed by atoms with Crippen molar-refractivity contribution in [1.82, 2.24) is 0 Å². The Morgan fingerprint density at radius 2 is 2.11 bits per heavy atom. The average Bonchev–Trinajstić information content (AvgIpc) is 1.64. The minimum Gasteiger partial charge on any atom is -0.512 e. The lowest BCUT2D eigenvalue weighted by Crippen LogP contribution is -2.13. The Hall–Kier alpha value is -0.990. The number of aliphatic hydroxyl groups excluding tert-OH is 1. The first-order valence-electron chi connectivity index (χ1n) is 2.70. The molecule has 52 valence electrons. The molecule has 3 heteroatoms. The van der Waals surface area contributed by atoms with E-state index in [-0.39, 0.29) is 5.76 Å². The number of carboxylic acids is 1. The molecule has 0 rings (SSSR count). The molecule has 9 heavy (non-hydrogen) atoms. The molecule has 0 aliphatic rings. The maximum absolute atomic E-state index is 10.2. The number of carbonyl (C=O) groups is 1. The van der Waals surface area contributed by atoms with Crippen molar-refractivity contribution in [3.8, 4) is 0 Å². The molecule has 1 atom stereocenters. The monoisotopic (exact) mass is 130 g/mol. The molecule has 0 aromatic heterocycles. The molecule has 3 nitrogen and oxygen atoms in total. The summed E-state index contributed by atoms with van der Waals surface area (Å²) in [5.74, 6) is -2.10. The third-order valence-electron chi connectivity index (χ3n) is 1.11. The normalized spacial score (nSPS) is 12.6. The van der Waals surface area contributed by atoms with Crippen molar-refractivity contribution in [2.24, 2.45) is 5.92 Å². The quantitative estimate of drug-likeness (QED) is 0.564. The average molecular weight is 130 g/mol. The van der Waals surface area contributed by atoms with Crippen LogP contribution >= 0.6 is 0 Å². The van der Waals surface area contributed by atoms with E-state index in [4.69, 9.17) is 10.2 Å². The number of hydrogen-bond donors (Lipinski definition) is 2. The Morgan fingerprint density at radius 3 is 2.11 bits per heavy atom. The number of rotatable bonds is 3. The molecule has 0 amide bonds. The van der Waals surface area contributed by atoms with E-state index in [0.717, 1.165) is 0 Å². The van der Waals surface area contributed by atoms with Gasteiger partial charge in [0, 0.05) is 0 Å². The number of hydrogen-bond acceptors (Lipinski definition) is 2. The maximum atomic E-state index is 10.2. The molecule has 1 unspecified atom stereocenters. The molecule has 0 fully saturated rings. The summed E-state index contributed by atoms with van der Waals surface area (Å²) in [5.41, 5.74) is 0. The lowest BCUT2D eigenvalue weighted by atomic mass is 10.1. The van der Waals surface area contributed by atoms with E-state index >= 15 is 0 Å². The van der Waals surface area contributed by atoms with Gasteiger partial charge in [-0.2, -0.15) is 0 Å². The smallest absolute Gasteiger partial charge is 0.314 e. The van der Waals surface area contributed by atoms with Gasteiger partial charge in [-0.05, 0) is 6.42 Å². The molecule has 0 saturated carbocycles. The first-order valence-corrected chi connectivity index (χ1v) is 2.70. The number of aliphatic carboxylic acids is 1. The fourth-order valence-corrected chi connectivity index (χ4v) is 0.553. The van der Waals surface area contributed by atoms with Crippen LogP contribution in [0, 0.1) is 5.92 Å². The van der Waals surface area contributed by atoms with Gasteiger partial charge in [-0.25, -0.2) is 0 Å². The topological polar surface area (TPSA) is 57.5 Å². The zero-order chi connectivity index (χ0) is 7.44. The summed E-state index contributed by atoms with van der Waals surface area (Å²) in [4.78, 5) is 10.2. The molecular formula is C6H10O3. The van der Waals surface area contributed by atoms with Crippen molar-refractivity contribution in [2.45, 2.75) is 13.3 Å². The molecule has 0 aliphatic heterocycles. The Kier molecular flexibility index (Phi) is 2.78. The number of carboxylic acid groups (broad SMARTS) is 1. The second kappa shape index (κ2) is 3.12. The molecule has 0 aliphatic carbocycles. The van der Waals surface area contributed by atoms with Gasteiger partial charge in [-0.15, -0.1) is 0 Å². The standard InChI is InChI=1S/C6H10O3/c1-3-5(4(2)7)6(8)9/h5,7H,2-3H2,1H3,(H,8,9). The van der Waals surface area contributed by atoms with Crippen molar-refractivity contribution in [3.05, 3.63) is 12.3 Å². The van der Waals surface area contributed by atoms with E-state index in [1.165, 1.54) is 0 Å². The van der Waals surface area contributed by atoms with Crippen LogP contribution in [-0.2, 0) is 4.79 Å². The summed E-state index contributed by atoms with van der Waals surface area (Å²) in [6.45, 7) is 4.80. The van der Waals surface area contributed by atoms with Gasteiger partial charge in [-0.3, -0.25) is 4.79 Å². The van der Waals surface area contributed by atoms with E-state index in [9.17, 15) is 4.79 Å². The van der Waals surface area contributed by atoms with Gasteiger partial charge in [-0.1, -0.05) is 13.5 Å². The van der Waals surface area contributed by atoms with Crippen molar-refractivity contribution >= 4 is 5.97 Å². The van der Waals surface area contributed by atoms with Crippen molar-refractivity contribution < 1.29 is 15.0 Å². The van der Waals surface area contributed by atoms with Crippen molar-refractivity contribution in [2.75, 3.05) is 0 Å². The second-order valence-electron chi connectivity index (χ2n) is 1.79. The van der Waals surface area contributed by atoms with Crippen LogP contribution < -0.4 is 0 Å². The van der Waals surface area contributed by atoms with Gasteiger partial charge < -0.3 is 10.2 Å². The van der Waals surface area contributed by atoms with Gasteiger partial charge in [0.2, 0.25) is 0 Å². The third-order valence-corrected chi connectivity index (χ3v) is 1.11. The van der Waals surface area contributed by atoms with Crippen LogP contribution in [-0.4, -0.2) is 16.2 Å². The molecule has 0 spiro atoms. The second-order valence-corrected chi connectivity index (χ2v) is 1.79. The van der Waals surface area contributed by atoms with Crippen molar-refractivity contribution in [1.29, 1.82) is 0 Å². The fourth-order valence-electron chi connectivity index (χ4n) is 0.553. The first kappa shape index (κ1) is 8.01. The molecule has 0 heterocycles. The van der Waals surface area contributed by atoms with Crippen LogP contribution in [0.4, 0.5) is 0 Å². The summed E-state index contributed by atoms with van der Waals surface area (Å²) >= 11 is 0. The van der Waals surface area contributed by atoms with Crippen LogP contribution in [0.1, 0.15) is 13.3 Å². The van der Waals surface area contributed by atoms with E-state index in [2.05, 4.69) is 6.58 Å². The summed E-state index contributed by atoms with van der Waals surface area (Å²) in [6.07, 6.45) is 0.380. The molecule has 0 saturated heterocycles. The van der Waals surface area contributed by atoms with Crippen LogP contribution in [0.25, 0.3) is 0 Å².